The van der Waals surface area contributed by atoms with Crippen molar-refractivity contribution in [3.8, 4) is 0 Å². The smallest absolute Gasteiger partial charge is 0.299 e. The van der Waals surface area contributed by atoms with Crippen molar-refractivity contribution in [1.29, 1.82) is 0 Å². The monoisotopic (exact) mass is 292 g/mol. The summed E-state index contributed by atoms with van der Waals surface area (Å²) in [6.45, 7) is 4.35. The van der Waals surface area contributed by atoms with E-state index in [9.17, 15) is 4.79 Å². The van der Waals surface area contributed by atoms with E-state index in [0.29, 0.717) is 6.54 Å². The SMILES string of the molecule is C=CCCCn1cc2cc(Br)ccc2nc1=O. The van der Waals surface area contributed by atoms with E-state index in [1.807, 2.05) is 30.5 Å². The summed E-state index contributed by atoms with van der Waals surface area (Å²) < 4.78 is 2.64. The standard InChI is InChI=1S/C13H13BrN2O/c1-2-3-4-7-16-9-10-8-11(14)5-6-12(10)15-13(16)17/h2,5-6,8-9H,1,3-4,7H2. The van der Waals surface area contributed by atoms with Gasteiger partial charge in [-0.05, 0) is 31.0 Å². The number of rotatable bonds is 4. The number of hydrogen-bond acceptors (Lipinski definition) is 2. The Hall–Kier alpha value is -1.42. The Balaban J connectivity index is 2.39. The van der Waals surface area contributed by atoms with Crippen LogP contribution in [0, 0.1) is 0 Å². The van der Waals surface area contributed by atoms with Crippen molar-refractivity contribution >= 4 is 26.8 Å². The lowest BCUT2D eigenvalue weighted by atomic mass is 10.2. The van der Waals surface area contributed by atoms with Gasteiger partial charge in [0, 0.05) is 22.6 Å². The third-order valence-electron chi connectivity index (χ3n) is 2.55. The number of aryl methyl sites for hydroxylation is 1. The van der Waals surface area contributed by atoms with Crippen molar-refractivity contribution in [2.24, 2.45) is 0 Å². The molecule has 0 aliphatic heterocycles. The molecule has 0 N–H and O–H groups in total. The highest BCUT2D eigenvalue weighted by atomic mass is 79.9. The zero-order chi connectivity index (χ0) is 12.3. The second-order valence-corrected chi connectivity index (χ2v) is 4.77. The van der Waals surface area contributed by atoms with Crippen molar-refractivity contribution in [3.05, 3.63) is 52.0 Å². The predicted molar refractivity (Wildman–Crippen MR) is 73.1 cm³/mol. The lowest BCUT2D eigenvalue weighted by Gasteiger charge is -2.05. The van der Waals surface area contributed by atoms with Crippen LogP contribution in [-0.4, -0.2) is 9.55 Å². The van der Waals surface area contributed by atoms with Crippen molar-refractivity contribution in [2.45, 2.75) is 19.4 Å². The Kier molecular flexibility index (Phi) is 3.74. The largest absolute Gasteiger partial charge is 0.348 e. The molecule has 0 bridgehead atoms. The second-order valence-electron chi connectivity index (χ2n) is 3.85. The molecule has 0 fully saturated rings. The van der Waals surface area contributed by atoms with Crippen molar-refractivity contribution in [2.75, 3.05) is 0 Å². The highest BCUT2D eigenvalue weighted by Crippen LogP contribution is 2.16. The van der Waals surface area contributed by atoms with Gasteiger partial charge < -0.3 is 0 Å². The van der Waals surface area contributed by atoms with Crippen LogP contribution in [0.3, 0.4) is 0 Å². The molecule has 0 unspecified atom stereocenters. The Bertz CT molecular complexity index is 604. The van der Waals surface area contributed by atoms with Crippen LogP contribution in [0.5, 0.6) is 0 Å². The number of halogens is 1. The first-order chi connectivity index (χ1) is 8.20. The summed E-state index contributed by atoms with van der Waals surface area (Å²) in [4.78, 5) is 15.8. The minimum atomic E-state index is -0.191. The van der Waals surface area contributed by atoms with Crippen LogP contribution in [0.25, 0.3) is 10.9 Å². The second kappa shape index (κ2) is 5.27. The summed E-state index contributed by atoms with van der Waals surface area (Å²) in [6.07, 6.45) is 5.53. The fourth-order valence-electron chi connectivity index (χ4n) is 1.69. The summed E-state index contributed by atoms with van der Waals surface area (Å²) in [6, 6.07) is 5.69. The highest BCUT2D eigenvalue weighted by molar-refractivity contribution is 9.10. The molecular weight excluding hydrogens is 280 g/mol. The topological polar surface area (TPSA) is 34.9 Å². The highest BCUT2D eigenvalue weighted by Gasteiger charge is 2.01. The molecule has 0 saturated carbocycles. The maximum absolute atomic E-state index is 11.7. The van der Waals surface area contributed by atoms with Gasteiger partial charge in [0.2, 0.25) is 0 Å². The molecule has 3 nitrogen and oxygen atoms in total. The maximum Gasteiger partial charge on any atom is 0.348 e. The van der Waals surface area contributed by atoms with E-state index in [0.717, 1.165) is 28.2 Å². The van der Waals surface area contributed by atoms with Gasteiger partial charge in [-0.2, -0.15) is 4.98 Å². The first kappa shape index (κ1) is 12.0. The minimum absolute atomic E-state index is 0.191. The number of unbranched alkanes of at least 4 members (excludes halogenated alkanes) is 1. The molecule has 0 radical (unpaired) electrons. The van der Waals surface area contributed by atoms with Gasteiger partial charge in [-0.15, -0.1) is 6.58 Å². The van der Waals surface area contributed by atoms with Gasteiger partial charge in [-0.25, -0.2) is 4.79 Å². The van der Waals surface area contributed by atoms with E-state index in [2.05, 4.69) is 27.5 Å². The van der Waals surface area contributed by atoms with E-state index >= 15 is 0 Å². The van der Waals surface area contributed by atoms with E-state index in [-0.39, 0.29) is 5.69 Å². The van der Waals surface area contributed by atoms with E-state index in [1.54, 1.807) is 4.57 Å². The third kappa shape index (κ3) is 2.82. The molecule has 0 aliphatic carbocycles. The molecule has 17 heavy (non-hydrogen) atoms. The lowest BCUT2D eigenvalue weighted by molar-refractivity contribution is 0.619. The predicted octanol–water partition coefficient (Wildman–Crippen LogP) is 3.13. The van der Waals surface area contributed by atoms with Gasteiger partial charge in [0.05, 0.1) is 5.52 Å². The summed E-state index contributed by atoms with van der Waals surface area (Å²) in [5, 5.41) is 0.970. The number of nitrogens with zero attached hydrogens (tertiary/aromatic N) is 2. The molecule has 88 valence electrons. The van der Waals surface area contributed by atoms with Crippen molar-refractivity contribution in [1.82, 2.24) is 9.55 Å². The average Bonchev–Trinajstić information content (AvgIpc) is 2.31. The van der Waals surface area contributed by atoms with Crippen molar-refractivity contribution in [3.63, 3.8) is 0 Å². The van der Waals surface area contributed by atoms with Crippen LogP contribution in [0.15, 0.2) is 46.3 Å². The number of hydrogen-bond donors (Lipinski definition) is 0. The normalized spacial score (nSPS) is 10.6. The van der Waals surface area contributed by atoms with Crippen LogP contribution in [-0.2, 0) is 6.54 Å². The van der Waals surface area contributed by atoms with Crippen LogP contribution < -0.4 is 5.69 Å². The average molecular weight is 293 g/mol. The van der Waals surface area contributed by atoms with Crippen LogP contribution >= 0.6 is 15.9 Å². The Labute approximate surface area is 108 Å². The number of benzene rings is 1. The van der Waals surface area contributed by atoms with E-state index < -0.39 is 0 Å². The molecule has 2 aromatic rings. The Morgan fingerprint density at radius 3 is 3.06 bits per heavy atom. The minimum Gasteiger partial charge on any atom is -0.299 e. The Morgan fingerprint density at radius 1 is 1.47 bits per heavy atom. The zero-order valence-electron chi connectivity index (χ0n) is 9.40. The molecule has 0 saturated heterocycles. The molecule has 0 atom stereocenters. The molecule has 1 aromatic heterocycles. The fourth-order valence-corrected chi connectivity index (χ4v) is 2.07. The number of allylic oxidation sites excluding steroid dienone is 1. The third-order valence-corrected chi connectivity index (χ3v) is 3.05. The maximum atomic E-state index is 11.7. The van der Waals surface area contributed by atoms with E-state index in [1.165, 1.54) is 0 Å². The van der Waals surface area contributed by atoms with Gasteiger partial charge >= 0.3 is 5.69 Å². The zero-order valence-corrected chi connectivity index (χ0v) is 11.0. The van der Waals surface area contributed by atoms with Gasteiger partial charge in [0.1, 0.15) is 0 Å². The van der Waals surface area contributed by atoms with Crippen LogP contribution in [0.4, 0.5) is 0 Å². The summed E-state index contributed by atoms with van der Waals surface area (Å²) in [7, 11) is 0. The summed E-state index contributed by atoms with van der Waals surface area (Å²) in [5.41, 5.74) is 0.544. The molecular formula is C13H13BrN2O. The van der Waals surface area contributed by atoms with Crippen LogP contribution in [0.2, 0.25) is 0 Å². The quantitative estimate of drug-likeness (QED) is 0.641. The molecule has 0 aliphatic rings. The number of fused-ring (bicyclic) bond motifs is 1. The first-order valence-corrected chi connectivity index (χ1v) is 6.27. The first-order valence-electron chi connectivity index (χ1n) is 5.48. The molecule has 1 aromatic carbocycles. The Morgan fingerprint density at radius 2 is 2.29 bits per heavy atom. The van der Waals surface area contributed by atoms with E-state index in [4.69, 9.17) is 0 Å². The molecule has 0 spiro atoms. The fraction of sp³-hybridized carbons (Fsp3) is 0.231. The van der Waals surface area contributed by atoms with Gasteiger partial charge in [-0.1, -0.05) is 22.0 Å². The molecule has 4 heteroatoms. The lowest BCUT2D eigenvalue weighted by Crippen LogP contribution is -2.22. The van der Waals surface area contributed by atoms with Gasteiger partial charge in [-0.3, -0.25) is 4.57 Å². The molecule has 1 heterocycles. The number of aromatic nitrogens is 2. The van der Waals surface area contributed by atoms with Crippen molar-refractivity contribution < 1.29 is 0 Å². The van der Waals surface area contributed by atoms with Gasteiger partial charge in [0.25, 0.3) is 0 Å². The van der Waals surface area contributed by atoms with Gasteiger partial charge in [0.15, 0.2) is 0 Å². The summed E-state index contributed by atoms with van der Waals surface area (Å²) >= 11 is 3.41. The molecule has 0 amide bonds. The summed E-state index contributed by atoms with van der Waals surface area (Å²) in [5.74, 6) is 0. The molecule has 2 rings (SSSR count). The van der Waals surface area contributed by atoms with Crippen LogP contribution in [0.1, 0.15) is 12.8 Å².